The quantitative estimate of drug-likeness (QED) is 0.705. The minimum atomic E-state index is -0.201. The number of halogens is 1. The molecule has 19 heavy (non-hydrogen) atoms. The topological polar surface area (TPSA) is 22.8 Å². The van der Waals surface area contributed by atoms with Crippen molar-refractivity contribution < 1.29 is 4.39 Å². The number of nitrogens with zero attached hydrogens (tertiary/aromatic N) is 3. The standard InChI is InChI=1S/C15H16FN3/c1-3-19-14(8-11(2)17-19)10-18-7-6-12-4-5-13(16)9-15(12)18/h4-9H,3,10H2,1-2H3. The van der Waals surface area contributed by atoms with Gasteiger partial charge in [-0.05, 0) is 49.6 Å². The van der Waals surface area contributed by atoms with Crippen molar-refractivity contribution in [2.24, 2.45) is 0 Å². The molecule has 3 rings (SSSR count). The second-order valence-corrected chi connectivity index (χ2v) is 4.74. The maximum Gasteiger partial charge on any atom is 0.125 e. The number of rotatable bonds is 3. The average Bonchev–Trinajstić information content (AvgIpc) is 2.94. The van der Waals surface area contributed by atoms with Crippen LogP contribution in [0.25, 0.3) is 10.9 Å². The van der Waals surface area contributed by atoms with E-state index in [9.17, 15) is 4.39 Å². The zero-order valence-corrected chi connectivity index (χ0v) is 11.1. The Morgan fingerprint density at radius 3 is 2.84 bits per heavy atom. The van der Waals surface area contributed by atoms with Gasteiger partial charge in [0.2, 0.25) is 0 Å². The molecule has 0 N–H and O–H groups in total. The van der Waals surface area contributed by atoms with Gasteiger partial charge in [-0.25, -0.2) is 4.39 Å². The number of hydrogen-bond donors (Lipinski definition) is 0. The lowest BCUT2D eigenvalue weighted by molar-refractivity contribution is 0.600. The number of benzene rings is 1. The SMILES string of the molecule is CCn1nc(C)cc1Cn1ccc2ccc(F)cc21. The smallest absolute Gasteiger partial charge is 0.125 e. The first-order chi connectivity index (χ1) is 9.17. The molecule has 98 valence electrons. The van der Waals surface area contributed by atoms with Gasteiger partial charge < -0.3 is 4.57 Å². The zero-order valence-electron chi connectivity index (χ0n) is 11.1. The second-order valence-electron chi connectivity index (χ2n) is 4.74. The van der Waals surface area contributed by atoms with Crippen LogP contribution in [-0.2, 0) is 13.1 Å². The molecule has 3 nitrogen and oxygen atoms in total. The Hall–Kier alpha value is -2.10. The first-order valence-corrected chi connectivity index (χ1v) is 6.45. The predicted molar refractivity (Wildman–Crippen MR) is 73.6 cm³/mol. The normalized spacial score (nSPS) is 11.3. The molecule has 0 aliphatic carbocycles. The van der Waals surface area contributed by atoms with Gasteiger partial charge in [-0.1, -0.05) is 0 Å². The second kappa shape index (κ2) is 4.53. The Balaban J connectivity index is 2.03. The van der Waals surface area contributed by atoms with Crippen molar-refractivity contribution in [2.45, 2.75) is 26.9 Å². The van der Waals surface area contributed by atoms with E-state index in [1.807, 2.05) is 29.9 Å². The summed E-state index contributed by atoms with van der Waals surface area (Å²) in [6.07, 6.45) is 1.99. The third-order valence-corrected chi connectivity index (χ3v) is 3.35. The Morgan fingerprint density at radius 2 is 2.05 bits per heavy atom. The van der Waals surface area contributed by atoms with Crippen LogP contribution in [0.3, 0.4) is 0 Å². The monoisotopic (exact) mass is 257 g/mol. The summed E-state index contributed by atoms with van der Waals surface area (Å²) in [5.41, 5.74) is 3.07. The molecule has 0 fully saturated rings. The molecule has 0 radical (unpaired) electrons. The molecule has 2 heterocycles. The van der Waals surface area contributed by atoms with Gasteiger partial charge >= 0.3 is 0 Å². The van der Waals surface area contributed by atoms with Crippen molar-refractivity contribution in [3.8, 4) is 0 Å². The van der Waals surface area contributed by atoms with E-state index in [-0.39, 0.29) is 5.82 Å². The number of hydrogen-bond acceptors (Lipinski definition) is 1. The highest BCUT2D eigenvalue weighted by Crippen LogP contribution is 2.18. The van der Waals surface area contributed by atoms with Crippen molar-refractivity contribution in [1.82, 2.24) is 14.3 Å². The van der Waals surface area contributed by atoms with E-state index >= 15 is 0 Å². The van der Waals surface area contributed by atoms with Crippen molar-refractivity contribution in [3.05, 3.63) is 53.7 Å². The van der Waals surface area contributed by atoms with Crippen LogP contribution in [0.1, 0.15) is 18.3 Å². The molecule has 1 aromatic carbocycles. The molecule has 0 aliphatic rings. The summed E-state index contributed by atoms with van der Waals surface area (Å²) < 4.78 is 17.4. The molecular weight excluding hydrogens is 241 g/mol. The molecule has 0 bridgehead atoms. The maximum absolute atomic E-state index is 13.4. The van der Waals surface area contributed by atoms with Crippen LogP contribution >= 0.6 is 0 Å². The molecule has 0 spiro atoms. The lowest BCUT2D eigenvalue weighted by Crippen LogP contribution is -2.07. The summed E-state index contributed by atoms with van der Waals surface area (Å²) in [5, 5.41) is 5.49. The first-order valence-electron chi connectivity index (χ1n) is 6.45. The minimum Gasteiger partial charge on any atom is -0.341 e. The summed E-state index contributed by atoms with van der Waals surface area (Å²) in [4.78, 5) is 0. The highest BCUT2D eigenvalue weighted by molar-refractivity contribution is 5.80. The van der Waals surface area contributed by atoms with E-state index in [0.717, 1.165) is 28.8 Å². The van der Waals surface area contributed by atoms with Crippen molar-refractivity contribution in [3.63, 3.8) is 0 Å². The van der Waals surface area contributed by atoms with Crippen LogP contribution < -0.4 is 0 Å². The fourth-order valence-electron chi connectivity index (χ4n) is 2.47. The minimum absolute atomic E-state index is 0.201. The Labute approximate surface area is 111 Å². The van der Waals surface area contributed by atoms with E-state index in [0.29, 0.717) is 6.54 Å². The number of aryl methyl sites for hydroxylation is 2. The maximum atomic E-state index is 13.4. The summed E-state index contributed by atoms with van der Waals surface area (Å²) in [6.45, 7) is 5.62. The van der Waals surface area contributed by atoms with Crippen LogP contribution in [0, 0.1) is 12.7 Å². The van der Waals surface area contributed by atoms with Crippen LogP contribution in [0.15, 0.2) is 36.5 Å². The molecule has 0 aliphatic heterocycles. The van der Waals surface area contributed by atoms with Crippen LogP contribution in [0.4, 0.5) is 4.39 Å². The van der Waals surface area contributed by atoms with E-state index in [1.54, 1.807) is 6.07 Å². The van der Waals surface area contributed by atoms with Crippen LogP contribution in [-0.4, -0.2) is 14.3 Å². The third-order valence-electron chi connectivity index (χ3n) is 3.35. The largest absolute Gasteiger partial charge is 0.341 e. The molecule has 0 unspecified atom stereocenters. The van der Waals surface area contributed by atoms with Gasteiger partial charge in [0.25, 0.3) is 0 Å². The van der Waals surface area contributed by atoms with Gasteiger partial charge in [0.1, 0.15) is 5.82 Å². The highest BCUT2D eigenvalue weighted by Gasteiger charge is 2.07. The summed E-state index contributed by atoms with van der Waals surface area (Å²) in [6, 6.07) is 8.97. The van der Waals surface area contributed by atoms with Gasteiger partial charge in [-0.15, -0.1) is 0 Å². The van der Waals surface area contributed by atoms with E-state index < -0.39 is 0 Å². The number of fused-ring (bicyclic) bond motifs is 1. The zero-order chi connectivity index (χ0) is 13.4. The molecule has 0 saturated carbocycles. The van der Waals surface area contributed by atoms with Crippen molar-refractivity contribution in [1.29, 1.82) is 0 Å². The summed E-state index contributed by atoms with van der Waals surface area (Å²) in [7, 11) is 0. The lowest BCUT2D eigenvalue weighted by atomic mass is 10.2. The van der Waals surface area contributed by atoms with E-state index in [2.05, 4.69) is 22.7 Å². The van der Waals surface area contributed by atoms with Gasteiger partial charge in [-0.2, -0.15) is 5.10 Å². The molecule has 4 heteroatoms. The Bertz CT molecular complexity index is 724. The van der Waals surface area contributed by atoms with Gasteiger partial charge in [0.05, 0.1) is 23.4 Å². The highest BCUT2D eigenvalue weighted by atomic mass is 19.1. The molecule has 3 aromatic rings. The summed E-state index contributed by atoms with van der Waals surface area (Å²) in [5.74, 6) is -0.201. The van der Waals surface area contributed by atoms with Gasteiger partial charge in [0.15, 0.2) is 0 Å². The molecule has 2 aromatic heterocycles. The lowest BCUT2D eigenvalue weighted by Gasteiger charge is -2.07. The van der Waals surface area contributed by atoms with E-state index in [4.69, 9.17) is 0 Å². The fraction of sp³-hybridized carbons (Fsp3) is 0.267. The Kier molecular flexibility index (Phi) is 2.85. The van der Waals surface area contributed by atoms with Crippen LogP contribution in [0.2, 0.25) is 0 Å². The van der Waals surface area contributed by atoms with Gasteiger partial charge in [0, 0.05) is 12.7 Å². The fourth-order valence-corrected chi connectivity index (χ4v) is 2.47. The van der Waals surface area contributed by atoms with Crippen molar-refractivity contribution >= 4 is 10.9 Å². The average molecular weight is 257 g/mol. The molecule has 0 atom stereocenters. The van der Waals surface area contributed by atoms with Gasteiger partial charge in [-0.3, -0.25) is 4.68 Å². The molecular formula is C15H16FN3. The first kappa shape index (κ1) is 12.0. The van der Waals surface area contributed by atoms with Crippen LogP contribution in [0.5, 0.6) is 0 Å². The third kappa shape index (κ3) is 2.14. The Morgan fingerprint density at radius 1 is 1.21 bits per heavy atom. The molecule has 0 amide bonds. The number of aromatic nitrogens is 3. The van der Waals surface area contributed by atoms with E-state index in [1.165, 1.54) is 6.07 Å². The molecule has 0 saturated heterocycles. The van der Waals surface area contributed by atoms with Crippen molar-refractivity contribution in [2.75, 3.05) is 0 Å². The summed E-state index contributed by atoms with van der Waals surface area (Å²) >= 11 is 0. The predicted octanol–water partition coefficient (Wildman–Crippen LogP) is 3.35.